The summed E-state index contributed by atoms with van der Waals surface area (Å²) < 4.78 is 0. The van der Waals surface area contributed by atoms with E-state index < -0.39 is 0 Å². The second-order valence-corrected chi connectivity index (χ2v) is 3.69. The number of rotatable bonds is 6. The Labute approximate surface area is 75.7 Å². The lowest BCUT2D eigenvalue weighted by Crippen LogP contribution is -1.98. The van der Waals surface area contributed by atoms with Gasteiger partial charge in [0.15, 0.2) is 0 Å². The maximum Gasteiger partial charge on any atom is 0.0464 e. The van der Waals surface area contributed by atoms with Crippen molar-refractivity contribution in [3.8, 4) is 0 Å². The zero-order chi connectivity index (χ0) is 9.40. The summed E-state index contributed by atoms with van der Waals surface area (Å²) in [6.07, 6.45) is 6.54. The Balaban J connectivity index is 3.30. The average Bonchev–Trinajstić information content (AvgIpc) is 2.04. The minimum atomic E-state index is 0.416. The average molecular weight is 171 g/mol. The Kier molecular flexibility index (Phi) is 6.82. The summed E-state index contributed by atoms with van der Waals surface area (Å²) in [5.74, 6) is 1.25. The van der Waals surface area contributed by atoms with E-state index in [1.54, 1.807) is 6.21 Å². The summed E-state index contributed by atoms with van der Waals surface area (Å²) >= 11 is 0. The molecule has 0 heterocycles. The predicted octanol–water partition coefficient (Wildman–Crippen LogP) is 3.30. The van der Waals surface area contributed by atoms with Gasteiger partial charge < -0.3 is 5.21 Å². The fraction of sp³-hybridized carbons (Fsp3) is 0.900. The van der Waals surface area contributed by atoms with Crippen molar-refractivity contribution in [1.82, 2.24) is 0 Å². The van der Waals surface area contributed by atoms with Crippen LogP contribution in [0.25, 0.3) is 0 Å². The summed E-state index contributed by atoms with van der Waals surface area (Å²) in [7, 11) is 0. The van der Waals surface area contributed by atoms with Crippen molar-refractivity contribution >= 4 is 6.21 Å². The maximum atomic E-state index is 8.26. The fourth-order valence-corrected chi connectivity index (χ4v) is 1.18. The third-order valence-corrected chi connectivity index (χ3v) is 2.37. The normalized spacial score (nSPS) is 16.6. The topological polar surface area (TPSA) is 32.6 Å². The third-order valence-electron chi connectivity index (χ3n) is 2.37. The van der Waals surface area contributed by atoms with E-state index in [0.717, 1.165) is 12.3 Å². The molecule has 2 heteroatoms. The molecule has 0 rings (SSSR count). The molecule has 0 aromatic carbocycles. The predicted molar refractivity (Wildman–Crippen MR) is 52.7 cm³/mol. The number of hydrogen-bond donors (Lipinski definition) is 1. The Morgan fingerprint density at radius 1 is 1.33 bits per heavy atom. The summed E-state index contributed by atoms with van der Waals surface area (Å²) in [6.45, 7) is 6.59. The first-order valence-electron chi connectivity index (χ1n) is 4.88. The van der Waals surface area contributed by atoms with Crippen molar-refractivity contribution in [3.63, 3.8) is 0 Å². The van der Waals surface area contributed by atoms with Crippen LogP contribution in [-0.2, 0) is 0 Å². The third kappa shape index (κ3) is 6.20. The standard InChI is InChI=1S/C10H21NO/c1-4-9(2)6-5-7-10(3)8-11-12/h8-10,12H,4-7H2,1-3H3/b11-8+. The minimum absolute atomic E-state index is 0.416. The van der Waals surface area contributed by atoms with Crippen LogP contribution in [0.5, 0.6) is 0 Å². The van der Waals surface area contributed by atoms with Crippen LogP contribution in [0.3, 0.4) is 0 Å². The number of hydrogen-bond acceptors (Lipinski definition) is 2. The Morgan fingerprint density at radius 2 is 2.00 bits per heavy atom. The van der Waals surface area contributed by atoms with E-state index in [0.29, 0.717) is 5.92 Å². The van der Waals surface area contributed by atoms with Gasteiger partial charge in [-0.05, 0) is 18.3 Å². The quantitative estimate of drug-likeness (QED) is 0.371. The molecule has 0 aliphatic rings. The highest BCUT2D eigenvalue weighted by atomic mass is 16.4. The molecule has 0 saturated heterocycles. The number of nitrogens with zero attached hydrogens (tertiary/aromatic N) is 1. The lowest BCUT2D eigenvalue weighted by atomic mass is 9.98. The summed E-state index contributed by atoms with van der Waals surface area (Å²) in [6, 6.07) is 0. The van der Waals surface area contributed by atoms with Gasteiger partial charge in [0.05, 0.1) is 0 Å². The summed E-state index contributed by atoms with van der Waals surface area (Å²) in [5.41, 5.74) is 0. The zero-order valence-corrected chi connectivity index (χ0v) is 8.45. The van der Waals surface area contributed by atoms with E-state index >= 15 is 0 Å². The van der Waals surface area contributed by atoms with E-state index in [-0.39, 0.29) is 0 Å². The van der Waals surface area contributed by atoms with Crippen LogP contribution in [-0.4, -0.2) is 11.4 Å². The highest BCUT2D eigenvalue weighted by molar-refractivity contribution is 5.58. The van der Waals surface area contributed by atoms with Gasteiger partial charge in [0.2, 0.25) is 0 Å². The highest BCUT2D eigenvalue weighted by Crippen LogP contribution is 2.13. The molecule has 0 saturated carbocycles. The number of oxime groups is 1. The van der Waals surface area contributed by atoms with Crippen molar-refractivity contribution in [3.05, 3.63) is 0 Å². The van der Waals surface area contributed by atoms with Gasteiger partial charge in [-0.25, -0.2) is 0 Å². The molecule has 0 aromatic heterocycles. The molecule has 1 N–H and O–H groups in total. The first-order chi connectivity index (χ1) is 5.70. The Morgan fingerprint density at radius 3 is 2.50 bits per heavy atom. The second-order valence-electron chi connectivity index (χ2n) is 3.69. The van der Waals surface area contributed by atoms with Crippen molar-refractivity contribution in [2.75, 3.05) is 0 Å². The molecular weight excluding hydrogens is 150 g/mol. The lowest BCUT2D eigenvalue weighted by Gasteiger charge is -2.08. The maximum absolute atomic E-state index is 8.26. The van der Waals surface area contributed by atoms with Crippen LogP contribution < -0.4 is 0 Å². The van der Waals surface area contributed by atoms with Gasteiger partial charge in [-0.15, -0.1) is 5.16 Å². The van der Waals surface area contributed by atoms with Gasteiger partial charge in [-0.3, -0.25) is 0 Å². The zero-order valence-electron chi connectivity index (χ0n) is 8.45. The molecule has 0 aliphatic carbocycles. The smallest absolute Gasteiger partial charge is 0.0464 e. The van der Waals surface area contributed by atoms with E-state index in [4.69, 9.17) is 5.21 Å². The molecule has 0 aromatic rings. The highest BCUT2D eigenvalue weighted by Gasteiger charge is 2.01. The van der Waals surface area contributed by atoms with Crippen molar-refractivity contribution in [2.45, 2.75) is 46.5 Å². The van der Waals surface area contributed by atoms with Crippen LogP contribution in [0.4, 0.5) is 0 Å². The molecule has 0 amide bonds. The molecule has 72 valence electrons. The molecule has 2 atom stereocenters. The van der Waals surface area contributed by atoms with E-state index in [9.17, 15) is 0 Å². The van der Waals surface area contributed by atoms with Crippen molar-refractivity contribution in [2.24, 2.45) is 17.0 Å². The summed E-state index contributed by atoms with van der Waals surface area (Å²) in [4.78, 5) is 0. The van der Waals surface area contributed by atoms with Gasteiger partial charge >= 0.3 is 0 Å². The van der Waals surface area contributed by atoms with Gasteiger partial charge in [0.25, 0.3) is 0 Å². The molecule has 0 fully saturated rings. The van der Waals surface area contributed by atoms with Crippen molar-refractivity contribution < 1.29 is 5.21 Å². The first kappa shape index (κ1) is 11.5. The van der Waals surface area contributed by atoms with E-state index in [1.807, 2.05) is 0 Å². The molecule has 0 spiro atoms. The van der Waals surface area contributed by atoms with Crippen LogP contribution in [0.15, 0.2) is 5.16 Å². The first-order valence-corrected chi connectivity index (χ1v) is 4.88. The van der Waals surface area contributed by atoms with E-state index in [2.05, 4.69) is 25.9 Å². The molecular formula is C10H21NO. The summed E-state index contributed by atoms with van der Waals surface area (Å²) in [5, 5.41) is 11.3. The molecule has 0 bridgehead atoms. The van der Waals surface area contributed by atoms with Crippen LogP contribution in [0.1, 0.15) is 46.5 Å². The molecule has 2 unspecified atom stereocenters. The van der Waals surface area contributed by atoms with Crippen LogP contribution in [0, 0.1) is 11.8 Å². The monoisotopic (exact) mass is 171 g/mol. The molecule has 12 heavy (non-hydrogen) atoms. The van der Waals surface area contributed by atoms with Crippen molar-refractivity contribution in [1.29, 1.82) is 0 Å². The SMILES string of the molecule is CCC(C)CCCC(C)/C=N/O. The lowest BCUT2D eigenvalue weighted by molar-refractivity contribution is 0.317. The molecule has 0 aliphatic heterocycles. The van der Waals surface area contributed by atoms with Crippen LogP contribution >= 0.6 is 0 Å². The Hall–Kier alpha value is -0.530. The van der Waals surface area contributed by atoms with Gasteiger partial charge in [0, 0.05) is 6.21 Å². The Bertz CT molecular complexity index is 123. The van der Waals surface area contributed by atoms with Gasteiger partial charge in [-0.1, -0.05) is 40.0 Å². The molecule has 2 nitrogen and oxygen atoms in total. The van der Waals surface area contributed by atoms with E-state index in [1.165, 1.54) is 19.3 Å². The fourth-order valence-electron chi connectivity index (χ4n) is 1.18. The second kappa shape index (κ2) is 7.14. The molecule has 0 radical (unpaired) electrons. The van der Waals surface area contributed by atoms with Crippen LogP contribution in [0.2, 0.25) is 0 Å². The van der Waals surface area contributed by atoms with Gasteiger partial charge in [-0.2, -0.15) is 0 Å². The van der Waals surface area contributed by atoms with Gasteiger partial charge in [0.1, 0.15) is 0 Å². The largest absolute Gasteiger partial charge is 0.411 e. The minimum Gasteiger partial charge on any atom is -0.411 e.